The Labute approximate surface area is 189 Å². The lowest BCUT2D eigenvalue weighted by Crippen LogP contribution is -2.48. The van der Waals surface area contributed by atoms with Gasteiger partial charge in [-0.3, -0.25) is 0 Å². The maximum absolute atomic E-state index is 5.30. The van der Waals surface area contributed by atoms with E-state index in [-0.39, 0.29) is 24.0 Å². The lowest BCUT2D eigenvalue weighted by atomic mass is 10.1. The van der Waals surface area contributed by atoms with E-state index < -0.39 is 0 Å². The van der Waals surface area contributed by atoms with Gasteiger partial charge in [0.05, 0.1) is 18.2 Å². The molecule has 1 aliphatic heterocycles. The van der Waals surface area contributed by atoms with Crippen LogP contribution < -0.4 is 15.5 Å². The van der Waals surface area contributed by atoms with E-state index in [0.29, 0.717) is 19.2 Å². The van der Waals surface area contributed by atoms with Gasteiger partial charge in [-0.1, -0.05) is 24.3 Å². The second kappa shape index (κ2) is 12.3. The summed E-state index contributed by atoms with van der Waals surface area (Å²) in [5.41, 5.74) is 2.41. The van der Waals surface area contributed by atoms with Gasteiger partial charge < -0.3 is 20.3 Å². The number of nitrogens with zero attached hydrogens (tertiary/aromatic N) is 2. The molecule has 2 aromatic rings. The Morgan fingerprint density at radius 2 is 1.93 bits per heavy atom. The SMILES string of the molecule is CCNC(=NCc1ccccc1COC)NC1CCN(c2cccs2)CC1.I. The van der Waals surface area contributed by atoms with Crippen LogP contribution in [-0.2, 0) is 17.9 Å². The van der Waals surface area contributed by atoms with Crippen LogP contribution in [0.1, 0.15) is 30.9 Å². The van der Waals surface area contributed by atoms with Crippen molar-refractivity contribution < 1.29 is 4.74 Å². The van der Waals surface area contributed by atoms with Crippen LogP contribution in [0.3, 0.4) is 0 Å². The third-order valence-electron chi connectivity index (χ3n) is 4.82. The van der Waals surface area contributed by atoms with Gasteiger partial charge in [0.15, 0.2) is 5.96 Å². The van der Waals surface area contributed by atoms with Crippen molar-refractivity contribution in [2.24, 2.45) is 4.99 Å². The number of rotatable bonds is 7. The number of anilines is 1. The third-order valence-corrected chi connectivity index (χ3v) is 5.75. The molecule has 0 spiro atoms. The quantitative estimate of drug-likeness (QED) is 0.330. The zero-order valence-corrected chi connectivity index (χ0v) is 19.8. The molecule has 28 heavy (non-hydrogen) atoms. The zero-order chi connectivity index (χ0) is 18.9. The normalized spacial score (nSPS) is 15.2. The Hall–Kier alpha value is -1.32. The number of methoxy groups -OCH3 is 1. The molecule has 1 aromatic heterocycles. The van der Waals surface area contributed by atoms with E-state index in [2.05, 4.69) is 58.2 Å². The Bertz CT molecular complexity index is 715. The number of piperidine rings is 1. The lowest BCUT2D eigenvalue weighted by molar-refractivity contribution is 0.184. The Balaban J connectivity index is 0.00000280. The highest BCUT2D eigenvalue weighted by Crippen LogP contribution is 2.24. The predicted octanol–water partition coefficient (Wildman–Crippen LogP) is 4.24. The molecule has 0 radical (unpaired) electrons. The second-order valence-corrected chi connectivity index (χ2v) is 7.68. The van der Waals surface area contributed by atoms with E-state index in [4.69, 9.17) is 9.73 Å². The summed E-state index contributed by atoms with van der Waals surface area (Å²) in [6, 6.07) is 13.1. The molecular weight excluding hydrogens is 483 g/mol. The second-order valence-electron chi connectivity index (χ2n) is 6.75. The van der Waals surface area contributed by atoms with Crippen molar-refractivity contribution in [2.75, 3.05) is 31.6 Å². The number of thiophene rings is 1. The van der Waals surface area contributed by atoms with Crippen LogP contribution in [0.25, 0.3) is 0 Å². The third kappa shape index (κ3) is 6.63. The van der Waals surface area contributed by atoms with Gasteiger partial charge >= 0.3 is 0 Å². The summed E-state index contributed by atoms with van der Waals surface area (Å²) in [6.45, 7) is 6.43. The van der Waals surface area contributed by atoms with Gasteiger partial charge in [0.2, 0.25) is 0 Å². The Morgan fingerprint density at radius 3 is 2.57 bits per heavy atom. The van der Waals surface area contributed by atoms with Crippen molar-refractivity contribution in [3.8, 4) is 0 Å². The summed E-state index contributed by atoms with van der Waals surface area (Å²) in [7, 11) is 1.73. The average molecular weight is 514 g/mol. The van der Waals surface area contributed by atoms with Crippen LogP contribution in [0, 0.1) is 0 Å². The fraction of sp³-hybridized carbons (Fsp3) is 0.476. The van der Waals surface area contributed by atoms with Crippen molar-refractivity contribution in [1.82, 2.24) is 10.6 Å². The predicted molar refractivity (Wildman–Crippen MR) is 130 cm³/mol. The van der Waals surface area contributed by atoms with E-state index in [1.54, 1.807) is 7.11 Å². The molecule has 3 rings (SSSR count). The van der Waals surface area contributed by atoms with Gasteiger partial charge in [0.25, 0.3) is 0 Å². The van der Waals surface area contributed by atoms with E-state index in [0.717, 1.165) is 38.4 Å². The first kappa shape index (κ1) is 23.0. The Kier molecular flexibility index (Phi) is 10.1. The maximum Gasteiger partial charge on any atom is 0.191 e. The highest BCUT2D eigenvalue weighted by molar-refractivity contribution is 14.0. The fourth-order valence-corrected chi connectivity index (χ4v) is 4.17. The van der Waals surface area contributed by atoms with E-state index in [1.807, 2.05) is 17.4 Å². The number of nitrogens with one attached hydrogen (secondary N) is 2. The van der Waals surface area contributed by atoms with Gasteiger partial charge in [0.1, 0.15) is 0 Å². The monoisotopic (exact) mass is 514 g/mol. The van der Waals surface area contributed by atoms with Crippen LogP contribution in [-0.4, -0.2) is 38.7 Å². The molecule has 0 amide bonds. The standard InChI is InChI=1S/C21H30N4OS.HI/c1-3-22-21(23-15-17-7-4-5-8-18(17)16-26-2)24-19-10-12-25(13-11-19)20-9-6-14-27-20;/h4-9,14,19H,3,10-13,15-16H2,1-2H3,(H2,22,23,24);1H. The van der Waals surface area contributed by atoms with Gasteiger partial charge in [-0.15, -0.1) is 35.3 Å². The van der Waals surface area contributed by atoms with Gasteiger partial charge in [-0.05, 0) is 48.4 Å². The number of guanidine groups is 1. The van der Waals surface area contributed by atoms with E-state index >= 15 is 0 Å². The van der Waals surface area contributed by atoms with Crippen LogP contribution >= 0.6 is 35.3 Å². The Morgan fingerprint density at radius 1 is 1.18 bits per heavy atom. The maximum atomic E-state index is 5.30. The van der Waals surface area contributed by atoms with Crippen LogP contribution in [0.5, 0.6) is 0 Å². The number of hydrogen-bond acceptors (Lipinski definition) is 4. The first-order valence-electron chi connectivity index (χ1n) is 9.69. The minimum atomic E-state index is 0. The number of halogens is 1. The number of hydrogen-bond donors (Lipinski definition) is 2. The topological polar surface area (TPSA) is 48.9 Å². The molecule has 2 heterocycles. The number of benzene rings is 1. The molecule has 7 heteroatoms. The molecular formula is C21H31IN4OS. The van der Waals surface area contributed by atoms with Crippen molar-refractivity contribution in [1.29, 1.82) is 0 Å². The highest BCUT2D eigenvalue weighted by Gasteiger charge is 2.20. The summed E-state index contributed by atoms with van der Waals surface area (Å²) in [5, 5.41) is 10.5. The largest absolute Gasteiger partial charge is 0.380 e. The summed E-state index contributed by atoms with van der Waals surface area (Å²) in [6.07, 6.45) is 2.26. The highest BCUT2D eigenvalue weighted by atomic mass is 127. The molecule has 1 aromatic carbocycles. The summed E-state index contributed by atoms with van der Waals surface area (Å²) >= 11 is 1.82. The first-order chi connectivity index (χ1) is 13.3. The van der Waals surface area contributed by atoms with Crippen LogP contribution in [0.2, 0.25) is 0 Å². The number of ether oxygens (including phenoxy) is 1. The molecule has 5 nitrogen and oxygen atoms in total. The molecule has 1 fully saturated rings. The first-order valence-corrected chi connectivity index (χ1v) is 10.6. The molecule has 0 saturated carbocycles. The minimum Gasteiger partial charge on any atom is -0.380 e. The molecule has 0 aliphatic carbocycles. The summed E-state index contributed by atoms with van der Waals surface area (Å²) in [4.78, 5) is 7.30. The van der Waals surface area contributed by atoms with Crippen LogP contribution in [0.15, 0.2) is 46.8 Å². The van der Waals surface area contributed by atoms with E-state index in [1.165, 1.54) is 16.1 Å². The van der Waals surface area contributed by atoms with Gasteiger partial charge in [-0.25, -0.2) is 4.99 Å². The molecule has 2 N–H and O–H groups in total. The van der Waals surface area contributed by atoms with Crippen LogP contribution in [0.4, 0.5) is 5.00 Å². The zero-order valence-electron chi connectivity index (χ0n) is 16.7. The van der Waals surface area contributed by atoms with Crippen molar-refractivity contribution in [3.05, 3.63) is 52.9 Å². The molecule has 0 bridgehead atoms. The fourth-order valence-electron chi connectivity index (χ4n) is 3.38. The smallest absolute Gasteiger partial charge is 0.191 e. The molecule has 0 unspecified atom stereocenters. The molecule has 0 atom stereocenters. The van der Waals surface area contributed by atoms with Crippen molar-refractivity contribution >= 4 is 46.3 Å². The summed E-state index contributed by atoms with van der Waals surface area (Å²) < 4.78 is 5.30. The molecule has 1 aliphatic rings. The summed E-state index contributed by atoms with van der Waals surface area (Å²) in [5.74, 6) is 0.902. The molecule has 154 valence electrons. The van der Waals surface area contributed by atoms with Gasteiger partial charge in [0, 0.05) is 32.8 Å². The van der Waals surface area contributed by atoms with Crippen molar-refractivity contribution in [2.45, 2.75) is 39.0 Å². The van der Waals surface area contributed by atoms with Crippen molar-refractivity contribution in [3.63, 3.8) is 0 Å². The molecule has 1 saturated heterocycles. The average Bonchev–Trinajstić information content (AvgIpc) is 3.23. The lowest BCUT2D eigenvalue weighted by Gasteiger charge is -2.33. The van der Waals surface area contributed by atoms with E-state index in [9.17, 15) is 0 Å². The number of aliphatic imine (C=N–C) groups is 1. The minimum absolute atomic E-state index is 0. The van der Waals surface area contributed by atoms with Gasteiger partial charge in [-0.2, -0.15) is 0 Å².